The van der Waals surface area contributed by atoms with Crippen LogP contribution in [0.25, 0.3) is 5.65 Å². The summed E-state index contributed by atoms with van der Waals surface area (Å²) in [6, 6.07) is 2.17. The molecule has 2 aliphatic carbocycles. The van der Waals surface area contributed by atoms with E-state index in [-0.39, 0.29) is 17.4 Å². The summed E-state index contributed by atoms with van der Waals surface area (Å²) in [6.45, 7) is 8.58. The first-order valence-corrected chi connectivity index (χ1v) is 9.22. The van der Waals surface area contributed by atoms with E-state index in [2.05, 4.69) is 15.4 Å². The molecule has 0 aromatic carbocycles. The molecule has 2 aliphatic rings. The highest BCUT2D eigenvalue weighted by Crippen LogP contribution is 2.57. The third-order valence-electron chi connectivity index (χ3n) is 6.04. The van der Waals surface area contributed by atoms with Gasteiger partial charge in [0.05, 0.1) is 11.8 Å². The lowest BCUT2D eigenvalue weighted by Gasteiger charge is -2.60. The molecule has 2 heterocycles. The standard InChI is InChI=1S/C19H26N4O2/c1-5-25-15-10-14(19(15)7-6-8-19)21-18(24)16-13(4)22-23-12(3)9-11(2)20-17(16)23/h9,14-15H,5-8,10H2,1-4H3,(H,21,24). The Balaban J connectivity index is 1.60. The van der Waals surface area contributed by atoms with Gasteiger partial charge in [-0.3, -0.25) is 4.79 Å². The molecular formula is C19H26N4O2. The van der Waals surface area contributed by atoms with Crippen molar-refractivity contribution < 1.29 is 9.53 Å². The van der Waals surface area contributed by atoms with E-state index < -0.39 is 0 Å². The van der Waals surface area contributed by atoms with E-state index in [9.17, 15) is 4.79 Å². The largest absolute Gasteiger partial charge is 0.378 e. The highest BCUT2D eigenvalue weighted by Gasteiger charge is 2.59. The Morgan fingerprint density at radius 3 is 2.80 bits per heavy atom. The number of ether oxygens (including phenoxy) is 1. The quantitative estimate of drug-likeness (QED) is 0.928. The Bertz CT molecular complexity index is 838. The Kier molecular flexibility index (Phi) is 3.83. The van der Waals surface area contributed by atoms with Gasteiger partial charge in [-0.1, -0.05) is 6.42 Å². The van der Waals surface area contributed by atoms with Crippen molar-refractivity contribution in [3.8, 4) is 0 Å². The van der Waals surface area contributed by atoms with E-state index in [1.807, 2.05) is 33.8 Å². The predicted octanol–water partition coefficient (Wildman–Crippen LogP) is 2.73. The number of hydrogen-bond acceptors (Lipinski definition) is 4. The predicted molar refractivity (Wildman–Crippen MR) is 94.8 cm³/mol. The normalized spacial score (nSPS) is 24.2. The van der Waals surface area contributed by atoms with Crippen LogP contribution in [0.4, 0.5) is 0 Å². The topological polar surface area (TPSA) is 68.5 Å². The number of amides is 1. The highest BCUT2D eigenvalue weighted by molar-refractivity contribution is 6.01. The third kappa shape index (κ3) is 2.38. The van der Waals surface area contributed by atoms with E-state index >= 15 is 0 Å². The van der Waals surface area contributed by atoms with Crippen molar-refractivity contribution in [2.24, 2.45) is 5.41 Å². The molecule has 1 N–H and O–H groups in total. The first-order chi connectivity index (χ1) is 12.0. The lowest BCUT2D eigenvalue weighted by molar-refractivity contribution is -0.169. The molecule has 25 heavy (non-hydrogen) atoms. The van der Waals surface area contributed by atoms with Crippen LogP contribution in [0, 0.1) is 26.2 Å². The number of hydrogen-bond donors (Lipinski definition) is 1. The van der Waals surface area contributed by atoms with Crippen molar-refractivity contribution in [3.63, 3.8) is 0 Å². The van der Waals surface area contributed by atoms with Crippen LogP contribution in [-0.4, -0.2) is 39.3 Å². The minimum absolute atomic E-state index is 0.0591. The van der Waals surface area contributed by atoms with Gasteiger partial charge in [0.1, 0.15) is 5.56 Å². The molecule has 6 nitrogen and oxygen atoms in total. The van der Waals surface area contributed by atoms with Crippen LogP contribution in [0.5, 0.6) is 0 Å². The van der Waals surface area contributed by atoms with Crippen molar-refractivity contribution >= 4 is 11.6 Å². The lowest BCUT2D eigenvalue weighted by Crippen LogP contribution is -2.67. The molecule has 0 aliphatic heterocycles. The molecule has 1 spiro atoms. The number of carbonyl (C=O) groups is 1. The van der Waals surface area contributed by atoms with Crippen molar-refractivity contribution in [3.05, 3.63) is 28.7 Å². The van der Waals surface area contributed by atoms with Crippen LogP contribution in [-0.2, 0) is 4.74 Å². The number of aromatic nitrogens is 3. The van der Waals surface area contributed by atoms with Gasteiger partial charge >= 0.3 is 0 Å². The van der Waals surface area contributed by atoms with Gasteiger partial charge in [0.25, 0.3) is 5.91 Å². The Morgan fingerprint density at radius 1 is 1.40 bits per heavy atom. The van der Waals surface area contributed by atoms with Gasteiger partial charge in [0, 0.05) is 29.5 Å². The summed E-state index contributed by atoms with van der Waals surface area (Å²) < 4.78 is 7.65. The molecule has 0 saturated heterocycles. The number of nitrogens with one attached hydrogen (secondary N) is 1. The molecule has 2 aromatic heterocycles. The van der Waals surface area contributed by atoms with Gasteiger partial charge in [-0.25, -0.2) is 9.50 Å². The van der Waals surface area contributed by atoms with E-state index in [1.54, 1.807) is 4.52 Å². The van der Waals surface area contributed by atoms with Gasteiger partial charge < -0.3 is 10.1 Å². The fourth-order valence-electron chi connectivity index (χ4n) is 4.56. The van der Waals surface area contributed by atoms with E-state index in [4.69, 9.17) is 4.74 Å². The summed E-state index contributed by atoms with van der Waals surface area (Å²) >= 11 is 0. The maximum Gasteiger partial charge on any atom is 0.257 e. The summed E-state index contributed by atoms with van der Waals surface area (Å²) in [6.07, 6.45) is 4.72. The van der Waals surface area contributed by atoms with Crippen LogP contribution in [0.3, 0.4) is 0 Å². The second kappa shape index (κ2) is 5.80. The second-order valence-electron chi connectivity index (χ2n) is 7.53. The summed E-state index contributed by atoms with van der Waals surface area (Å²) in [5.74, 6) is -0.0591. The SMILES string of the molecule is CCOC1CC(NC(=O)c2c(C)nn3c(C)cc(C)nc23)C12CCC2. The van der Waals surface area contributed by atoms with Gasteiger partial charge in [-0.15, -0.1) is 0 Å². The van der Waals surface area contributed by atoms with Crippen LogP contribution in [0.1, 0.15) is 60.0 Å². The maximum atomic E-state index is 13.0. The summed E-state index contributed by atoms with van der Waals surface area (Å²) in [7, 11) is 0. The molecule has 1 amide bonds. The fraction of sp³-hybridized carbons (Fsp3) is 0.632. The molecule has 2 fully saturated rings. The molecular weight excluding hydrogens is 316 g/mol. The van der Waals surface area contributed by atoms with Crippen LogP contribution < -0.4 is 5.32 Å². The number of nitrogens with zero attached hydrogens (tertiary/aromatic N) is 3. The number of fused-ring (bicyclic) bond motifs is 1. The van der Waals surface area contributed by atoms with E-state index in [0.717, 1.165) is 43.0 Å². The summed E-state index contributed by atoms with van der Waals surface area (Å²) in [5.41, 5.74) is 4.01. The minimum Gasteiger partial charge on any atom is -0.378 e. The van der Waals surface area contributed by atoms with E-state index in [0.29, 0.717) is 17.3 Å². The first-order valence-electron chi connectivity index (χ1n) is 9.22. The molecule has 6 heteroatoms. The molecule has 2 aromatic rings. The third-order valence-corrected chi connectivity index (χ3v) is 6.04. The minimum atomic E-state index is -0.0591. The maximum absolute atomic E-state index is 13.0. The first kappa shape index (κ1) is 16.5. The van der Waals surface area contributed by atoms with Crippen molar-refractivity contribution in [1.82, 2.24) is 19.9 Å². The molecule has 2 unspecified atom stereocenters. The zero-order valence-electron chi connectivity index (χ0n) is 15.4. The highest BCUT2D eigenvalue weighted by atomic mass is 16.5. The molecule has 2 atom stereocenters. The monoisotopic (exact) mass is 342 g/mol. The van der Waals surface area contributed by atoms with Gasteiger partial charge in [0.2, 0.25) is 0 Å². The lowest BCUT2D eigenvalue weighted by atomic mass is 9.51. The molecule has 4 rings (SSSR count). The van der Waals surface area contributed by atoms with Crippen molar-refractivity contribution in [1.29, 1.82) is 0 Å². The fourth-order valence-corrected chi connectivity index (χ4v) is 4.56. The van der Waals surface area contributed by atoms with Crippen LogP contribution in [0.15, 0.2) is 6.07 Å². The zero-order valence-corrected chi connectivity index (χ0v) is 15.4. The molecule has 0 bridgehead atoms. The van der Waals surface area contributed by atoms with E-state index in [1.165, 1.54) is 6.42 Å². The van der Waals surface area contributed by atoms with Gasteiger partial charge in [0.15, 0.2) is 5.65 Å². The molecule has 0 radical (unpaired) electrons. The van der Waals surface area contributed by atoms with Crippen molar-refractivity contribution in [2.45, 2.75) is 65.5 Å². The van der Waals surface area contributed by atoms with Crippen LogP contribution in [0.2, 0.25) is 0 Å². The van der Waals surface area contributed by atoms with Gasteiger partial charge in [-0.2, -0.15) is 5.10 Å². The Labute approximate surface area is 148 Å². The van der Waals surface area contributed by atoms with Gasteiger partial charge in [-0.05, 0) is 53.0 Å². The number of rotatable bonds is 4. The molecule has 2 saturated carbocycles. The molecule has 134 valence electrons. The second-order valence-corrected chi connectivity index (χ2v) is 7.53. The summed E-state index contributed by atoms with van der Waals surface area (Å²) in [4.78, 5) is 17.6. The van der Waals surface area contributed by atoms with Crippen LogP contribution >= 0.6 is 0 Å². The average molecular weight is 342 g/mol. The Morgan fingerprint density at radius 2 is 2.16 bits per heavy atom. The van der Waals surface area contributed by atoms with Crippen molar-refractivity contribution in [2.75, 3.05) is 6.61 Å². The zero-order chi connectivity index (χ0) is 17.8. The smallest absolute Gasteiger partial charge is 0.257 e. The Hall–Kier alpha value is -1.95. The average Bonchev–Trinajstić information content (AvgIpc) is 2.80. The summed E-state index contributed by atoms with van der Waals surface area (Å²) in [5, 5.41) is 7.77. The number of carbonyl (C=O) groups excluding carboxylic acids is 1. The number of aryl methyl sites for hydroxylation is 3.